The molecule has 0 amide bonds. The number of rotatable bonds is 5. The summed E-state index contributed by atoms with van der Waals surface area (Å²) in [5.41, 5.74) is 1.79. The predicted molar refractivity (Wildman–Crippen MR) is 64.9 cm³/mol. The van der Waals surface area contributed by atoms with Gasteiger partial charge in [-0.15, -0.1) is 0 Å². The normalized spacial score (nSPS) is 10.4. The monoisotopic (exact) mass is 231 g/mol. The molecule has 0 aliphatic heterocycles. The molecule has 2 heterocycles. The number of hydrogen-bond acceptors (Lipinski definition) is 4. The maximum atomic E-state index is 10.4. The summed E-state index contributed by atoms with van der Waals surface area (Å²) in [5, 5.41) is 12.7. The highest BCUT2D eigenvalue weighted by Crippen LogP contribution is 2.19. The average Bonchev–Trinajstić information content (AvgIpc) is 2.34. The Hall–Kier alpha value is -2.17. The fourth-order valence-electron chi connectivity index (χ4n) is 1.62. The molecule has 0 aliphatic carbocycles. The van der Waals surface area contributed by atoms with E-state index in [1.54, 1.807) is 18.6 Å². The molecule has 2 N–H and O–H groups in total. The zero-order valence-electron chi connectivity index (χ0n) is 9.26. The van der Waals surface area contributed by atoms with Crippen LogP contribution in [0.5, 0.6) is 0 Å². The van der Waals surface area contributed by atoms with Gasteiger partial charge in [0.2, 0.25) is 0 Å². The van der Waals surface area contributed by atoms with Crippen LogP contribution in [0, 0.1) is 0 Å². The van der Waals surface area contributed by atoms with E-state index < -0.39 is 5.97 Å². The smallest absolute Gasteiger partial charge is 0.303 e. The third-order valence-electron chi connectivity index (χ3n) is 2.43. The number of carboxylic acid groups (broad SMARTS) is 1. The summed E-state index contributed by atoms with van der Waals surface area (Å²) in [6.07, 6.45) is 5.91. The van der Waals surface area contributed by atoms with E-state index >= 15 is 0 Å². The van der Waals surface area contributed by atoms with Crippen LogP contribution in [0.2, 0.25) is 0 Å². The number of carbonyl (C=O) groups is 1. The van der Waals surface area contributed by atoms with E-state index in [0.29, 0.717) is 13.0 Å². The molecule has 88 valence electrons. The van der Waals surface area contributed by atoms with Gasteiger partial charge in [0.15, 0.2) is 0 Å². The minimum atomic E-state index is -0.768. The first kappa shape index (κ1) is 11.3. The van der Waals surface area contributed by atoms with Gasteiger partial charge >= 0.3 is 5.97 Å². The lowest BCUT2D eigenvalue weighted by molar-refractivity contribution is -0.137. The van der Waals surface area contributed by atoms with E-state index in [9.17, 15) is 4.79 Å². The molecule has 0 radical (unpaired) electrons. The summed E-state index contributed by atoms with van der Waals surface area (Å²) in [7, 11) is 0. The molecule has 2 aromatic heterocycles. The fourth-order valence-corrected chi connectivity index (χ4v) is 1.62. The van der Waals surface area contributed by atoms with Crippen LogP contribution < -0.4 is 5.32 Å². The van der Waals surface area contributed by atoms with E-state index in [2.05, 4.69) is 15.3 Å². The lowest BCUT2D eigenvalue weighted by Gasteiger charge is -2.08. The van der Waals surface area contributed by atoms with Crippen LogP contribution in [0.25, 0.3) is 10.9 Å². The largest absolute Gasteiger partial charge is 0.481 e. The number of aromatic nitrogens is 2. The highest BCUT2D eigenvalue weighted by molar-refractivity contribution is 5.90. The summed E-state index contributed by atoms with van der Waals surface area (Å²) in [6, 6.07) is 3.77. The Balaban J connectivity index is 2.05. The average molecular weight is 231 g/mol. The second-order valence-corrected chi connectivity index (χ2v) is 3.68. The fraction of sp³-hybridized carbons (Fsp3) is 0.250. The molecule has 0 spiro atoms. The van der Waals surface area contributed by atoms with Crippen LogP contribution in [-0.4, -0.2) is 27.6 Å². The van der Waals surface area contributed by atoms with E-state index in [0.717, 1.165) is 16.6 Å². The molecule has 5 nitrogen and oxygen atoms in total. The van der Waals surface area contributed by atoms with Gasteiger partial charge in [-0.2, -0.15) is 0 Å². The van der Waals surface area contributed by atoms with Crippen LogP contribution >= 0.6 is 0 Å². The zero-order chi connectivity index (χ0) is 12.1. The molecule has 0 aliphatic rings. The molecule has 0 atom stereocenters. The molecular weight excluding hydrogens is 218 g/mol. The number of nitrogens with zero attached hydrogens (tertiary/aromatic N) is 2. The third kappa shape index (κ3) is 2.90. The highest BCUT2D eigenvalue weighted by atomic mass is 16.4. The van der Waals surface area contributed by atoms with Crippen molar-refractivity contribution in [2.75, 3.05) is 11.9 Å². The summed E-state index contributed by atoms with van der Waals surface area (Å²) in [5.74, 6) is -0.768. The van der Waals surface area contributed by atoms with Gasteiger partial charge in [0.05, 0.1) is 11.7 Å². The van der Waals surface area contributed by atoms with Crippen LogP contribution in [-0.2, 0) is 4.79 Å². The molecule has 17 heavy (non-hydrogen) atoms. The first-order valence-corrected chi connectivity index (χ1v) is 5.42. The summed E-state index contributed by atoms with van der Waals surface area (Å²) < 4.78 is 0. The minimum absolute atomic E-state index is 0.178. The van der Waals surface area contributed by atoms with Crippen LogP contribution in [0.15, 0.2) is 30.7 Å². The topological polar surface area (TPSA) is 75.1 Å². The molecule has 0 aromatic carbocycles. The Morgan fingerprint density at radius 3 is 3.06 bits per heavy atom. The number of hydrogen-bond donors (Lipinski definition) is 2. The van der Waals surface area contributed by atoms with Crippen molar-refractivity contribution in [2.45, 2.75) is 12.8 Å². The molecule has 0 saturated carbocycles. The number of anilines is 1. The Morgan fingerprint density at radius 1 is 1.35 bits per heavy atom. The van der Waals surface area contributed by atoms with Crippen molar-refractivity contribution in [3.63, 3.8) is 0 Å². The molecule has 0 bridgehead atoms. The third-order valence-corrected chi connectivity index (χ3v) is 2.43. The Morgan fingerprint density at radius 2 is 2.24 bits per heavy atom. The molecule has 2 aromatic rings. The number of pyridine rings is 2. The quantitative estimate of drug-likeness (QED) is 0.769. The van der Waals surface area contributed by atoms with Crippen molar-refractivity contribution < 1.29 is 9.90 Å². The Kier molecular flexibility index (Phi) is 3.49. The van der Waals surface area contributed by atoms with E-state index in [1.165, 1.54) is 0 Å². The summed E-state index contributed by atoms with van der Waals surface area (Å²) >= 11 is 0. The van der Waals surface area contributed by atoms with Gasteiger partial charge in [0.1, 0.15) is 0 Å². The van der Waals surface area contributed by atoms with Crippen molar-refractivity contribution in [2.24, 2.45) is 0 Å². The lowest BCUT2D eigenvalue weighted by atomic mass is 10.2. The van der Waals surface area contributed by atoms with Crippen LogP contribution in [0.1, 0.15) is 12.8 Å². The van der Waals surface area contributed by atoms with Gasteiger partial charge in [0, 0.05) is 36.4 Å². The van der Waals surface area contributed by atoms with Crippen LogP contribution in [0.3, 0.4) is 0 Å². The minimum Gasteiger partial charge on any atom is -0.481 e. The maximum Gasteiger partial charge on any atom is 0.303 e. The van der Waals surface area contributed by atoms with E-state index in [-0.39, 0.29) is 6.42 Å². The van der Waals surface area contributed by atoms with E-state index in [1.807, 2.05) is 12.1 Å². The number of aliphatic carboxylic acids is 1. The van der Waals surface area contributed by atoms with Crippen molar-refractivity contribution >= 4 is 22.6 Å². The number of fused-ring (bicyclic) bond motifs is 1. The number of nitrogens with one attached hydrogen (secondary N) is 1. The first-order chi connectivity index (χ1) is 8.27. The zero-order valence-corrected chi connectivity index (χ0v) is 9.26. The molecule has 2 rings (SSSR count). The van der Waals surface area contributed by atoms with Gasteiger partial charge in [-0.05, 0) is 18.6 Å². The van der Waals surface area contributed by atoms with Crippen molar-refractivity contribution in [3.8, 4) is 0 Å². The SMILES string of the molecule is O=C(O)CCCNc1ccnc2cnccc12. The molecule has 0 saturated heterocycles. The molecule has 0 fully saturated rings. The van der Waals surface area contributed by atoms with Gasteiger partial charge in [-0.25, -0.2) is 0 Å². The highest BCUT2D eigenvalue weighted by Gasteiger charge is 2.01. The molecule has 0 unspecified atom stereocenters. The van der Waals surface area contributed by atoms with Crippen molar-refractivity contribution in [1.82, 2.24) is 9.97 Å². The van der Waals surface area contributed by atoms with Crippen molar-refractivity contribution in [1.29, 1.82) is 0 Å². The second kappa shape index (κ2) is 5.25. The predicted octanol–water partition coefficient (Wildman–Crippen LogP) is 1.91. The van der Waals surface area contributed by atoms with Crippen LogP contribution in [0.4, 0.5) is 5.69 Å². The summed E-state index contributed by atoms with van der Waals surface area (Å²) in [6.45, 7) is 0.633. The molecule has 5 heteroatoms. The second-order valence-electron chi connectivity index (χ2n) is 3.68. The first-order valence-electron chi connectivity index (χ1n) is 5.42. The standard InChI is InChI=1S/C12H13N3O2/c16-12(17)2-1-5-14-10-4-7-15-11-8-13-6-3-9(10)11/h3-4,6-8H,1-2,5H2,(H,14,15)(H,16,17). The number of carboxylic acids is 1. The van der Waals surface area contributed by atoms with Gasteiger partial charge in [0.25, 0.3) is 0 Å². The maximum absolute atomic E-state index is 10.4. The Labute approximate surface area is 98.5 Å². The van der Waals surface area contributed by atoms with Gasteiger partial charge < -0.3 is 10.4 Å². The Bertz CT molecular complexity index is 523. The van der Waals surface area contributed by atoms with Gasteiger partial charge in [-0.1, -0.05) is 0 Å². The van der Waals surface area contributed by atoms with Crippen molar-refractivity contribution in [3.05, 3.63) is 30.7 Å². The lowest BCUT2D eigenvalue weighted by Crippen LogP contribution is -2.05. The van der Waals surface area contributed by atoms with E-state index in [4.69, 9.17) is 5.11 Å². The molecular formula is C12H13N3O2. The summed E-state index contributed by atoms with van der Waals surface area (Å²) in [4.78, 5) is 18.6. The van der Waals surface area contributed by atoms with Gasteiger partial charge in [-0.3, -0.25) is 14.8 Å².